The molecular weight excluding hydrogens is 316 g/mol. The molecule has 0 saturated heterocycles. The SMILES string of the molecule is COc1ccc(CN(C)Cc2ncc(-c3ccccc3)o2)cc1OC. The number of methoxy groups -OCH3 is 2. The second-order valence-corrected chi connectivity index (χ2v) is 5.85. The first-order valence-corrected chi connectivity index (χ1v) is 8.09. The maximum Gasteiger partial charge on any atom is 0.209 e. The van der Waals surface area contributed by atoms with E-state index in [9.17, 15) is 0 Å². The third-order valence-corrected chi connectivity index (χ3v) is 3.92. The molecule has 0 N–H and O–H groups in total. The van der Waals surface area contributed by atoms with E-state index < -0.39 is 0 Å². The van der Waals surface area contributed by atoms with Crippen LogP contribution in [0.1, 0.15) is 11.5 Å². The number of aromatic nitrogens is 1. The van der Waals surface area contributed by atoms with Crippen LogP contribution in [-0.2, 0) is 13.1 Å². The lowest BCUT2D eigenvalue weighted by atomic mass is 10.2. The molecule has 130 valence electrons. The molecule has 0 aliphatic carbocycles. The molecule has 0 amide bonds. The van der Waals surface area contributed by atoms with E-state index in [2.05, 4.69) is 9.88 Å². The summed E-state index contributed by atoms with van der Waals surface area (Å²) in [6.45, 7) is 1.38. The fourth-order valence-electron chi connectivity index (χ4n) is 2.70. The molecule has 1 heterocycles. The third kappa shape index (κ3) is 4.19. The van der Waals surface area contributed by atoms with Gasteiger partial charge in [-0.05, 0) is 24.7 Å². The lowest BCUT2D eigenvalue weighted by molar-refractivity contribution is 0.282. The maximum absolute atomic E-state index is 5.86. The standard InChI is InChI=1S/C20H22N2O3/c1-22(13-15-9-10-17(23-2)18(11-15)24-3)14-20-21-12-19(25-20)16-7-5-4-6-8-16/h4-12H,13-14H2,1-3H3. The predicted molar refractivity (Wildman–Crippen MR) is 96.7 cm³/mol. The van der Waals surface area contributed by atoms with Gasteiger partial charge in [0, 0.05) is 12.1 Å². The number of oxazole rings is 1. The van der Waals surface area contributed by atoms with Crippen LogP contribution in [0.15, 0.2) is 59.1 Å². The first-order valence-electron chi connectivity index (χ1n) is 8.09. The minimum Gasteiger partial charge on any atom is -0.493 e. The van der Waals surface area contributed by atoms with E-state index in [1.807, 2.05) is 55.6 Å². The predicted octanol–water partition coefficient (Wildman–Crippen LogP) is 3.99. The van der Waals surface area contributed by atoms with Gasteiger partial charge in [0.05, 0.1) is 27.0 Å². The van der Waals surface area contributed by atoms with E-state index in [-0.39, 0.29) is 0 Å². The summed E-state index contributed by atoms with van der Waals surface area (Å²) >= 11 is 0. The van der Waals surface area contributed by atoms with Gasteiger partial charge < -0.3 is 13.9 Å². The van der Waals surface area contributed by atoms with Crippen LogP contribution in [0, 0.1) is 0 Å². The molecule has 0 bridgehead atoms. The highest BCUT2D eigenvalue weighted by Gasteiger charge is 2.11. The molecule has 2 aromatic carbocycles. The van der Waals surface area contributed by atoms with Gasteiger partial charge >= 0.3 is 0 Å². The molecule has 0 unspecified atom stereocenters. The lowest BCUT2D eigenvalue weighted by Gasteiger charge is -2.16. The van der Waals surface area contributed by atoms with Crippen molar-refractivity contribution >= 4 is 0 Å². The molecule has 0 radical (unpaired) electrons. The molecule has 3 rings (SSSR count). The summed E-state index contributed by atoms with van der Waals surface area (Å²) in [5, 5.41) is 0. The van der Waals surface area contributed by atoms with Crippen molar-refractivity contribution in [3.63, 3.8) is 0 Å². The molecule has 5 nitrogen and oxygen atoms in total. The van der Waals surface area contributed by atoms with Gasteiger partial charge in [0.1, 0.15) is 0 Å². The quantitative estimate of drug-likeness (QED) is 0.652. The van der Waals surface area contributed by atoms with Crippen LogP contribution in [0.25, 0.3) is 11.3 Å². The summed E-state index contributed by atoms with van der Waals surface area (Å²) in [6, 6.07) is 15.9. The van der Waals surface area contributed by atoms with Crippen LogP contribution in [0.3, 0.4) is 0 Å². The molecule has 1 aromatic heterocycles. The number of ether oxygens (including phenoxy) is 2. The summed E-state index contributed by atoms with van der Waals surface area (Å²) in [7, 11) is 5.31. The van der Waals surface area contributed by atoms with Gasteiger partial charge in [0.15, 0.2) is 17.3 Å². The molecule has 0 fully saturated rings. The Hall–Kier alpha value is -2.79. The Morgan fingerprint density at radius 2 is 1.72 bits per heavy atom. The average molecular weight is 338 g/mol. The molecule has 0 spiro atoms. The smallest absolute Gasteiger partial charge is 0.209 e. The van der Waals surface area contributed by atoms with E-state index in [4.69, 9.17) is 13.9 Å². The van der Waals surface area contributed by atoms with Crippen LogP contribution in [0.4, 0.5) is 0 Å². The summed E-state index contributed by atoms with van der Waals surface area (Å²) < 4.78 is 16.5. The Labute approximate surface area is 147 Å². The van der Waals surface area contributed by atoms with Crippen molar-refractivity contribution in [1.29, 1.82) is 0 Å². The fourth-order valence-corrected chi connectivity index (χ4v) is 2.70. The third-order valence-electron chi connectivity index (χ3n) is 3.92. The zero-order valence-electron chi connectivity index (χ0n) is 14.7. The van der Waals surface area contributed by atoms with E-state index >= 15 is 0 Å². The highest BCUT2D eigenvalue weighted by atomic mass is 16.5. The minimum absolute atomic E-state index is 0.626. The number of hydrogen-bond donors (Lipinski definition) is 0. The first kappa shape index (κ1) is 17.0. The first-order chi connectivity index (χ1) is 12.2. The van der Waals surface area contributed by atoms with Crippen molar-refractivity contribution in [2.45, 2.75) is 13.1 Å². The number of nitrogens with zero attached hydrogens (tertiary/aromatic N) is 2. The van der Waals surface area contributed by atoms with E-state index in [0.29, 0.717) is 12.4 Å². The second-order valence-electron chi connectivity index (χ2n) is 5.85. The highest BCUT2D eigenvalue weighted by molar-refractivity contribution is 5.55. The van der Waals surface area contributed by atoms with Crippen LogP contribution in [0.2, 0.25) is 0 Å². The summed E-state index contributed by atoms with van der Waals surface area (Å²) in [5.74, 6) is 2.95. The molecule has 0 aliphatic heterocycles. The highest BCUT2D eigenvalue weighted by Crippen LogP contribution is 2.28. The Morgan fingerprint density at radius 1 is 0.960 bits per heavy atom. The Morgan fingerprint density at radius 3 is 2.44 bits per heavy atom. The maximum atomic E-state index is 5.86. The van der Waals surface area contributed by atoms with Gasteiger partial charge in [-0.3, -0.25) is 4.90 Å². The van der Waals surface area contributed by atoms with Gasteiger partial charge in [-0.15, -0.1) is 0 Å². The van der Waals surface area contributed by atoms with Crippen molar-refractivity contribution in [2.75, 3.05) is 21.3 Å². The zero-order chi connectivity index (χ0) is 17.6. The van der Waals surface area contributed by atoms with Crippen LogP contribution < -0.4 is 9.47 Å². The second kappa shape index (κ2) is 7.85. The molecule has 3 aromatic rings. The monoisotopic (exact) mass is 338 g/mol. The van der Waals surface area contributed by atoms with Gasteiger partial charge in [0.2, 0.25) is 5.89 Å². The molecule has 0 atom stereocenters. The molecule has 0 saturated carbocycles. The normalized spacial score (nSPS) is 10.9. The topological polar surface area (TPSA) is 47.7 Å². The van der Waals surface area contributed by atoms with Gasteiger partial charge in [-0.2, -0.15) is 0 Å². The van der Waals surface area contributed by atoms with Crippen LogP contribution >= 0.6 is 0 Å². The number of hydrogen-bond acceptors (Lipinski definition) is 5. The largest absolute Gasteiger partial charge is 0.493 e. The molecular formula is C20H22N2O3. The Balaban J connectivity index is 1.65. The summed E-state index contributed by atoms with van der Waals surface area (Å²) in [6.07, 6.45) is 1.77. The van der Waals surface area contributed by atoms with Crippen molar-refractivity contribution in [2.24, 2.45) is 0 Å². The van der Waals surface area contributed by atoms with Crippen LogP contribution in [0.5, 0.6) is 11.5 Å². The number of benzene rings is 2. The molecule has 5 heteroatoms. The molecule has 25 heavy (non-hydrogen) atoms. The Kier molecular flexibility index (Phi) is 5.36. The summed E-state index contributed by atoms with van der Waals surface area (Å²) in [4.78, 5) is 6.52. The average Bonchev–Trinajstić information content (AvgIpc) is 3.10. The van der Waals surface area contributed by atoms with Crippen molar-refractivity contribution in [1.82, 2.24) is 9.88 Å². The lowest BCUT2D eigenvalue weighted by Crippen LogP contribution is -2.17. The zero-order valence-corrected chi connectivity index (χ0v) is 14.7. The van der Waals surface area contributed by atoms with Crippen molar-refractivity contribution < 1.29 is 13.9 Å². The van der Waals surface area contributed by atoms with Crippen molar-refractivity contribution in [3.05, 3.63) is 66.2 Å². The van der Waals surface area contributed by atoms with E-state index in [0.717, 1.165) is 34.9 Å². The molecule has 0 aliphatic rings. The number of rotatable bonds is 7. The van der Waals surface area contributed by atoms with E-state index in [1.165, 1.54) is 0 Å². The van der Waals surface area contributed by atoms with Crippen LogP contribution in [-0.4, -0.2) is 31.2 Å². The van der Waals surface area contributed by atoms with Gasteiger partial charge in [-0.1, -0.05) is 36.4 Å². The Bertz CT molecular complexity index is 815. The summed E-state index contributed by atoms with van der Waals surface area (Å²) in [5.41, 5.74) is 2.17. The van der Waals surface area contributed by atoms with Gasteiger partial charge in [0.25, 0.3) is 0 Å². The van der Waals surface area contributed by atoms with E-state index in [1.54, 1.807) is 20.4 Å². The van der Waals surface area contributed by atoms with Gasteiger partial charge in [-0.25, -0.2) is 4.98 Å². The minimum atomic E-state index is 0.626. The fraction of sp³-hybridized carbons (Fsp3) is 0.250. The van der Waals surface area contributed by atoms with Crippen molar-refractivity contribution in [3.8, 4) is 22.8 Å².